The molecule has 58 valence electrons. The van der Waals surface area contributed by atoms with Crippen LogP contribution in [0.15, 0.2) is 17.2 Å². The molecule has 0 bridgehead atoms. The zero-order valence-electron chi connectivity index (χ0n) is 6.07. The fraction of sp³-hybridized carbons (Fsp3) is 0.143. The number of carbonyl (C=O) groups is 1. The lowest BCUT2D eigenvalue weighted by atomic mass is 10.3. The molecule has 0 saturated heterocycles. The predicted octanol–water partition coefficient (Wildman–Crippen LogP) is 1.20. The van der Waals surface area contributed by atoms with Crippen LogP contribution in [0.25, 0.3) is 0 Å². The van der Waals surface area contributed by atoms with Gasteiger partial charge >= 0.3 is 0 Å². The van der Waals surface area contributed by atoms with Crippen molar-refractivity contribution in [1.82, 2.24) is 4.98 Å². The maximum Gasteiger partial charge on any atom is 0.153 e. The second kappa shape index (κ2) is 3.39. The average Bonchev–Trinajstić information content (AvgIpc) is 2.04. The summed E-state index contributed by atoms with van der Waals surface area (Å²) in [5.41, 5.74) is 5.90. The number of thioether (sulfide) groups is 1. The molecule has 0 spiro atoms. The molecule has 0 unspecified atom stereocenters. The van der Waals surface area contributed by atoms with Crippen molar-refractivity contribution in [2.45, 2.75) is 5.03 Å². The zero-order chi connectivity index (χ0) is 8.27. The quantitative estimate of drug-likeness (QED) is 0.532. The SMILES string of the molecule is CSc1ccc(C=O)c(N)n1. The van der Waals surface area contributed by atoms with E-state index in [1.807, 2.05) is 6.26 Å². The molecule has 0 aromatic carbocycles. The lowest BCUT2D eigenvalue weighted by Gasteiger charge is -1.98. The van der Waals surface area contributed by atoms with Crippen LogP contribution in [0.2, 0.25) is 0 Å². The zero-order valence-corrected chi connectivity index (χ0v) is 6.89. The van der Waals surface area contributed by atoms with Gasteiger partial charge in [0.1, 0.15) is 5.82 Å². The number of anilines is 1. The van der Waals surface area contributed by atoms with Crippen molar-refractivity contribution >= 4 is 23.9 Å². The first kappa shape index (κ1) is 8.07. The Kier molecular flexibility index (Phi) is 2.48. The van der Waals surface area contributed by atoms with Crippen LogP contribution >= 0.6 is 11.8 Å². The molecule has 0 aliphatic rings. The van der Waals surface area contributed by atoms with E-state index in [4.69, 9.17) is 5.73 Å². The van der Waals surface area contributed by atoms with Crippen LogP contribution in [0.3, 0.4) is 0 Å². The summed E-state index contributed by atoms with van der Waals surface area (Å²) in [5.74, 6) is 0.298. The Hall–Kier alpha value is -1.03. The summed E-state index contributed by atoms with van der Waals surface area (Å²) in [6.45, 7) is 0. The Labute approximate surface area is 69.0 Å². The molecule has 0 atom stereocenters. The van der Waals surface area contributed by atoms with Gasteiger partial charge in [-0.2, -0.15) is 0 Å². The lowest BCUT2D eigenvalue weighted by Crippen LogP contribution is -1.96. The third-order valence-electron chi connectivity index (χ3n) is 1.27. The molecule has 1 aromatic heterocycles. The van der Waals surface area contributed by atoms with Crippen LogP contribution < -0.4 is 5.73 Å². The first-order chi connectivity index (χ1) is 5.27. The molecule has 2 N–H and O–H groups in total. The molecule has 0 aliphatic heterocycles. The van der Waals surface area contributed by atoms with E-state index in [2.05, 4.69) is 4.98 Å². The first-order valence-corrected chi connectivity index (χ1v) is 4.26. The molecule has 11 heavy (non-hydrogen) atoms. The minimum atomic E-state index is 0.298. The summed E-state index contributed by atoms with van der Waals surface area (Å²) < 4.78 is 0. The molecule has 3 nitrogen and oxygen atoms in total. The van der Waals surface area contributed by atoms with Crippen molar-refractivity contribution in [1.29, 1.82) is 0 Å². The highest BCUT2D eigenvalue weighted by Gasteiger charge is 1.99. The summed E-state index contributed by atoms with van der Waals surface area (Å²) in [5, 5.41) is 0.827. The van der Waals surface area contributed by atoms with Crippen molar-refractivity contribution in [2.24, 2.45) is 0 Å². The number of hydrogen-bond acceptors (Lipinski definition) is 4. The van der Waals surface area contributed by atoms with Gasteiger partial charge in [-0.05, 0) is 18.4 Å². The van der Waals surface area contributed by atoms with Gasteiger partial charge < -0.3 is 5.73 Å². The Morgan fingerprint density at radius 2 is 2.36 bits per heavy atom. The highest BCUT2D eigenvalue weighted by molar-refractivity contribution is 7.98. The molecule has 1 aromatic rings. The van der Waals surface area contributed by atoms with Gasteiger partial charge in [-0.1, -0.05) is 0 Å². The van der Waals surface area contributed by atoms with Crippen LogP contribution in [-0.4, -0.2) is 17.5 Å². The van der Waals surface area contributed by atoms with Gasteiger partial charge in [-0.25, -0.2) is 4.98 Å². The third-order valence-corrected chi connectivity index (χ3v) is 1.91. The first-order valence-electron chi connectivity index (χ1n) is 3.03. The maximum atomic E-state index is 10.3. The topological polar surface area (TPSA) is 56.0 Å². The van der Waals surface area contributed by atoms with Crippen LogP contribution in [0.1, 0.15) is 10.4 Å². The highest BCUT2D eigenvalue weighted by Crippen LogP contribution is 2.14. The van der Waals surface area contributed by atoms with Crippen molar-refractivity contribution in [3.8, 4) is 0 Å². The molecule has 0 saturated carbocycles. The standard InChI is InChI=1S/C7H8N2OS/c1-11-6-3-2-5(4-10)7(8)9-6/h2-4H,1H3,(H2,8,9). The average molecular weight is 168 g/mol. The highest BCUT2D eigenvalue weighted by atomic mass is 32.2. The van der Waals surface area contributed by atoms with Gasteiger partial charge in [0.2, 0.25) is 0 Å². The molecule has 1 rings (SSSR count). The number of aldehydes is 1. The smallest absolute Gasteiger partial charge is 0.153 e. The molecule has 0 amide bonds. The fourth-order valence-corrected chi connectivity index (χ4v) is 1.07. The number of nitrogens with zero attached hydrogens (tertiary/aromatic N) is 1. The Bertz CT molecular complexity index is 275. The summed E-state index contributed by atoms with van der Waals surface area (Å²) in [6.07, 6.45) is 2.61. The molecule has 4 heteroatoms. The van der Waals surface area contributed by atoms with Crippen molar-refractivity contribution in [3.05, 3.63) is 17.7 Å². The number of carbonyl (C=O) groups excluding carboxylic acids is 1. The molecular weight excluding hydrogens is 160 g/mol. The van der Waals surface area contributed by atoms with E-state index < -0.39 is 0 Å². The molecule has 1 heterocycles. The van der Waals surface area contributed by atoms with Gasteiger partial charge in [0.05, 0.1) is 10.6 Å². The van der Waals surface area contributed by atoms with Crippen molar-refractivity contribution in [2.75, 3.05) is 12.0 Å². The summed E-state index contributed by atoms with van der Waals surface area (Å²) in [4.78, 5) is 14.3. The minimum absolute atomic E-state index is 0.298. The van der Waals surface area contributed by atoms with E-state index in [0.717, 1.165) is 5.03 Å². The van der Waals surface area contributed by atoms with Gasteiger partial charge in [0.15, 0.2) is 6.29 Å². The van der Waals surface area contributed by atoms with E-state index >= 15 is 0 Å². The monoisotopic (exact) mass is 168 g/mol. The number of nitrogens with two attached hydrogens (primary N) is 1. The number of hydrogen-bond donors (Lipinski definition) is 1. The van der Waals surface area contributed by atoms with E-state index in [9.17, 15) is 4.79 Å². The summed E-state index contributed by atoms with van der Waals surface area (Å²) in [6, 6.07) is 3.44. The van der Waals surface area contributed by atoms with E-state index in [-0.39, 0.29) is 0 Å². The van der Waals surface area contributed by atoms with Crippen molar-refractivity contribution in [3.63, 3.8) is 0 Å². The maximum absolute atomic E-state index is 10.3. The van der Waals surface area contributed by atoms with Gasteiger partial charge in [-0.3, -0.25) is 4.79 Å². The Balaban J connectivity index is 3.09. The molecule has 0 radical (unpaired) electrons. The summed E-state index contributed by atoms with van der Waals surface area (Å²) in [7, 11) is 0. The molecular formula is C7H8N2OS. The Morgan fingerprint density at radius 1 is 1.64 bits per heavy atom. The van der Waals surface area contributed by atoms with E-state index in [1.165, 1.54) is 11.8 Å². The van der Waals surface area contributed by atoms with E-state index in [0.29, 0.717) is 17.7 Å². The summed E-state index contributed by atoms with van der Waals surface area (Å²) >= 11 is 1.50. The number of pyridine rings is 1. The molecule has 0 aliphatic carbocycles. The molecule has 0 fully saturated rings. The van der Waals surface area contributed by atoms with Gasteiger partial charge in [-0.15, -0.1) is 11.8 Å². The predicted molar refractivity (Wildman–Crippen MR) is 45.8 cm³/mol. The number of rotatable bonds is 2. The minimum Gasteiger partial charge on any atom is -0.383 e. The fourth-order valence-electron chi connectivity index (χ4n) is 0.680. The van der Waals surface area contributed by atoms with Crippen LogP contribution in [0.5, 0.6) is 0 Å². The second-order valence-electron chi connectivity index (χ2n) is 1.95. The van der Waals surface area contributed by atoms with Crippen molar-refractivity contribution < 1.29 is 4.79 Å². The van der Waals surface area contributed by atoms with E-state index in [1.54, 1.807) is 12.1 Å². The van der Waals surface area contributed by atoms with Crippen LogP contribution in [0, 0.1) is 0 Å². The lowest BCUT2D eigenvalue weighted by molar-refractivity contribution is 0.112. The largest absolute Gasteiger partial charge is 0.383 e. The number of aromatic nitrogens is 1. The van der Waals surface area contributed by atoms with Gasteiger partial charge in [0, 0.05) is 0 Å². The third kappa shape index (κ3) is 1.71. The second-order valence-corrected chi connectivity index (χ2v) is 2.77. The normalized spacial score (nSPS) is 9.55. The number of nitrogen functional groups attached to an aromatic ring is 1. The van der Waals surface area contributed by atoms with Gasteiger partial charge in [0.25, 0.3) is 0 Å². The van der Waals surface area contributed by atoms with Crippen LogP contribution in [0.4, 0.5) is 5.82 Å². The Morgan fingerprint density at radius 3 is 2.82 bits per heavy atom. The van der Waals surface area contributed by atoms with Crippen LogP contribution in [-0.2, 0) is 0 Å².